The lowest BCUT2D eigenvalue weighted by atomic mass is 10.0. The van der Waals surface area contributed by atoms with E-state index in [1.54, 1.807) is 37.3 Å². The van der Waals surface area contributed by atoms with E-state index in [0.717, 1.165) is 10.5 Å². The number of aromatic nitrogens is 1. The molecule has 4 rings (SSSR count). The molecule has 1 unspecified atom stereocenters. The minimum atomic E-state index is -1.01. The number of aryl methyl sites for hydroxylation is 2. The molecule has 1 saturated heterocycles. The Hall–Kier alpha value is -4.41. The lowest BCUT2D eigenvalue weighted by molar-refractivity contribution is -0.136. The van der Waals surface area contributed by atoms with Crippen molar-refractivity contribution in [3.05, 3.63) is 58.9 Å². The molecule has 2 aliphatic rings. The summed E-state index contributed by atoms with van der Waals surface area (Å²) in [7, 11) is 0. The number of fused-ring (bicyclic) bond motifs is 1. The first kappa shape index (κ1) is 23.7. The van der Waals surface area contributed by atoms with Crippen molar-refractivity contribution >= 4 is 41.1 Å². The molecule has 2 aromatic rings. The van der Waals surface area contributed by atoms with Gasteiger partial charge >= 0.3 is 11.8 Å². The number of hydrogen-bond donors (Lipinski definition) is 3. The van der Waals surface area contributed by atoms with Crippen molar-refractivity contribution in [3.8, 4) is 0 Å². The van der Waals surface area contributed by atoms with Crippen LogP contribution in [0.5, 0.6) is 0 Å². The van der Waals surface area contributed by atoms with Crippen molar-refractivity contribution in [3.63, 3.8) is 0 Å². The molecule has 11 nitrogen and oxygen atoms in total. The van der Waals surface area contributed by atoms with Crippen molar-refractivity contribution in [2.45, 2.75) is 38.6 Å². The molecule has 3 heterocycles. The zero-order chi connectivity index (χ0) is 25.1. The van der Waals surface area contributed by atoms with Crippen LogP contribution in [-0.2, 0) is 25.6 Å². The Labute approximate surface area is 200 Å². The second-order valence-corrected chi connectivity index (χ2v) is 8.33. The third-order valence-electron chi connectivity index (χ3n) is 5.79. The van der Waals surface area contributed by atoms with E-state index in [1.165, 1.54) is 6.20 Å². The number of carbonyl (C=O) groups is 6. The average molecular weight is 477 g/mol. The SMILES string of the molecule is Cc1cc(NC(=O)C(=O)NCCCc2ccc3c(c2)C(=O)N(C2CCC(=O)NC2=O)C3=O)ccn1. The molecule has 1 aromatic heterocycles. The number of nitrogens with zero attached hydrogens (tertiary/aromatic N) is 2. The van der Waals surface area contributed by atoms with E-state index >= 15 is 0 Å². The lowest BCUT2D eigenvalue weighted by Gasteiger charge is -2.27. The van der Waals surface area contributed by atoms with E-state index in [1.807, 2.05) is 0 Å². The summed E-state index contributed by atoms with van der Waals surface area (Å²) in [5, 5.41) is 7.21. The largest absolute Gasteiger partial charge is 0.348 e. The fourth-order valence-corrected chi connectivity index (χ4v) is 4.06. The fourth-order valence-electron chi connectivity index (χ4n) is 4.06. The van der Waals surface area contributed by atoms with E-state index < -0.39 is 41.5 Å². The van der Waals surface area contributed by atoms with Crippen LogP contribution >= 0.6 is 0 Å². The number of benzene rings is 1. The van der Waals surface area contributed by atoms with Crippen molar-refractivity contribution in [1.82, 2.24) is 20.5 Å². The second-order valence-electron chi connectivity index (χ2n) is 8.33. The van der Waals surface area contributed by atoms with E-state index in [0.29, 0.717) is 24.2 Å². The molecule has 180 valence electrons. The van der Waals surface area contributed by atoms with Gasteiger partial charge in [0.25, 0.3) is 11.8 Å². The molecule has 1 atom stereocenters. The summed E-state index contributed by atoms with van der Waals surface area (Å²) >= 11 is 0. The first-order valence-electron chi connectivity index (χ1n) is 11.1. The van der Waals surface area contributed by atoms with Crippen LogP contribution in [0.4, 0.5) is 5.69 Å². The van der Waals surface area contributed by atoms with Gasteiger partial charge < -0.3 is 10.6 Å². The molecule has 1 fully saturated rings. The Morgan fingerprint density at radius 3 is 2.57 bits per heavy atom. The van der Waals surface area contributed by atoms with Crippen LogP contribution in [0.1, 0.15) is 51.2 Å². The summed E-state index contributed by atoms with van der Waals surface area (Å²) < 4.78 is 0. The Morgan fingerprint density at radius 2 is 1.83 bits per heavy atom. The van der Waals surface area contributed by atoms with E-state index in [-0.39, 0.29) is 30.5 Å². The molecule has 11 heteroatoms. The number of nitrogens with one attached hydrogen (secondary N) is 3. The molecule has 0 aliphatic carbocycles. The van der Waals surface area contributed by atoms with Gasteiger partial charge in [0.05, 0.1) is 11.1 Å². The van der Waals surface area contributed by atoms with E-state index in [2.05, 4.69) is 20.9 Å². The highest BCUT2D eigenvalue weighted by Crippen LogP contribution is 2.28. The highest BCUT2D eigenvalue weighted by molar-refractivity contribution is 6.39. The Bertz CT molecular complexity index is 1260. The zero-order valence-corrected chi connectivity index (χ0v) is 18.9. The van der Waals surface area contributed by atoms with Gasteiger partial charge in [-0.15, -0.1) is 0 Å². The van der Waals surface area contributed by atoms with Gasteiger partial charge in [-0.1, -0.05) is 6.07 Å². The third-order valence-corrected chi connectivity index (χ3v) is 5.79. The minimum absolute atomic E-state index is 0.0565. The first-order chi connectivity index (χ1) is 16.7. The summed E-state index contributed by atoms with van der Waals surface area (Å²) in [6.07, 6.45) is 2.66. The number of anilines is 1. The van der Waals surface area contributed by atoms with Crippen LogP contribution in [0.2, 0.25) is 0 Å². The number of imide groups is 2. The summed E-state index contributed by atoms with van der Waals surface area (Å²) in [6, 6.07) is 7.06. The highest BCUT2D eigenvalue weighted by atomic mass is 16.2. The van der Waals surface area contributed by atoms with Crippen molar-refractivity contribution < 1.29 is 28.8 Å². The molecule has 0 bridgehead atoms. The van der Waals surface area contributed by atoms with Gasteiger partial charge in [0, 0.05) is 30.5 Å². The van der Waals surface area contributed by atoms with Gasteiger partial charge in [-0.25, -0.2) is 0 Å². The second kappa shape index (κ2) is 9.84. The monoisotopic (exact) mass is 477 g/mol. The topological polar surface area (TPSA) is 155 Å². The van der Waals surface area contributed by atoms with Gasteiger partial charge in [0.2, 0.25) is 11.8 Å². The number of rotatable bonds is 6. The van der Waals surface area contributed by atoms with Gasteiger partial charge in [-0.05, 0) is 56.0 Å². The molecule has 35 heavy (non-hydrogen) atoms. The lowest BCUT2D eigenvalue weighted by Crippen LogP contribution is -2.54. The van der Waals surface area contributed by atoms with E-state index in [9.17, 15) is 28.8 Å². The molecule has 0 saturated carbocycles. The van der Waals surface area contributed by atoms with Crippen LogP contribution < -0.4 is 16.0 Å². The molecule has 1 aromatic carbocycles. The first-order valence-corrected chi connectivity index (χ1v) is 11.1. The van der Waals surface area contributed by atoms with Gasteiger partial charge in [-0.3, -0.25) is 44.0 Å². The molecule has 3 N–H and O–H groups in total. The predicted molar refractivity (Wildman–Crippen MR) is 122 cm³/mol. The van der Waals surface area contributed by atoms with Gasteiger partial charge in [0.15, 0.2) is 0 Å². The summed E-state index contributed by atoms with van der Waals surface area (Å²) in [6.45, 7) is 2.00. The van der Waals surface area contributed by atoms with Crippen LogP contribution in [0.25, 0.3) is 0 Å². The van der Waals surface area contributed by atoms with Gasteiger partial charge in [0.1, 0.15) is 6.04 Å². The number of pyridine rings is 1. The summed E-state index contributed by atoms with van der Waals surface area (Å²) in [5.41, 5.74) is 2.35. The maximum atomic E-state index is 12.9. The van der Waals surface area contributed by atoms with Crippen LogP contribution in [0.3, 0.4) is 0 Å². The number of piperidine rings is 1. The van der Waals surface area contributed by atoms with Crippen LogP contribution in [0.15, 0.2) is 36.5 Å². The standard InChI is InChI=1S/C24H23N5O6/c1-13-11-15(8-10-25-13)27-22(33)21(32)26-9-2-3-14-4-5-16-17(12-14)24(35)29(23(16)34)18-6-7-19(30)28-20(18)31/h4-5,8,10-12,18H,2-3,6-7,9H2,1H3,(H,26,32)(H,25,27,33)(H,28,30,31). The summed E-state index contributed by atoms with van der Waals surface area (Å²) in [5.74, 6) is -3.77. The van der Waals surface area contributed by atoms with Crippen molar-refractivity contribution in [1.29, 1.82) is 0 Å². The molecule has 6 amide bonds. The fraction of sp³-hybridized carbons (Fsp3) is 0.292. The van der Waals surface area contributed by atoms with Crippen LogP contribution in [0, 0.1) is 6.92 Å². The van der Waals surface area contributed by atoms with E-state index in [4.69, 9.17) is 0 Å². The molecular formula is C24H23N5O6. The number of amides is 6. The zero-order valence-electron chi connectivity index (χ0n) is 18.9. The number of hydrogen-bond acceptors (Lipinski definition) is 7. The Balaban J connectivity index is 1.30. The maximum Gasteiger partial charge on any atom is 0.313 e. The van der Waals surface area contributed by atoms with Crippen molar-refractivity contribution in [2.75, 3.05) is 11.9 Å². The highest BCUT2D eigenvalue weighted by Gasteiger charge is 2.44. The van der Waals surface area contributed by atoms with Crippen molar-refractivity contribution in [2.24, 2.45) is 0 Å². The molecule has 0 radical (unpaired) electrons. The molecular weight excluding hydrogens is 454 g/mol. The Morgan fingerprint density at radius 1 is 1.06 bits per heavy atom. The predicted octanol–water partition coefficient (Wildman–Crippen LogP) is 0.479. The molecule has 0 spiro atoms. The van der Waals surface area contributed by atoms with Crippen LogP contribution in [-0.4, -0.2) is 57.9 Å². The third kappa shape index (κ3) is 5.08. The Kier molecular flexibility index (Phi) is 6.67. The number of carbonyl (C=O) groups excluding carboxylic acids is 6. The maximum absolute atomic E-state index is 12.9. The normalized spacial score (nSPS) is 17.2. The smallest absolute Gasteiger partial charge is 0.313 e. The summed E-state index contributed by atoms with van der Waals surface area (Å²) in [4.78, 5) is 78.2. The molecule has 2 aliphatic heterocycles. The average Bonchev–Trinajstić information content (AvgIpc) is 3.06. The minimum Gasteiger partial charge on any atom is -0.348 e. The van der Waals surface area contributed by atoms with Gasteiger partial charge in [-0.2, -0.15) is 0 Å². The quantitative estimate of drug-likeness (QED) is 0.310.